The monoisotopic (exact) mass is 288 g/mol. The molecule has 0 amide bonds. The summed E-state index contributed by atoms with van der Waals surface area (Å²) < 4.78 is 16.2. The lowest BCUT2D eigenvalue weighted by molar-refractivity contribution is 0.163. The van der Waals surface area contributed by atoms with Gasteiger partial charge in [0.2, 0.25) is 0 Å². The van der Waals surface area contributed by atoms with E-state index in [1.165, 1.54) is 0 Å². The molecule has 114 valence electrons. The third-order valence-corrected chi connectivity index (χ3v) is 2.67. The van der Waals surface area contributed by atoms with Crippen LogP contribution in [-0.4, -0.2) is 39.6 Å². The predicted octanol–water partition coefficient (Wildman–Crippen LogP) is 2.40. The second-order valence-electron chi connectivity index (χ2n) is 4.53. The Labute approximate surface area is 128 Å². The van der Waals surface area contributed by atoms with E-state index in [1.54, 1.807) is 0 Å². The van der Waals surface area contributed by atoms with Crippen molar-refractivity contribution in [2.45, 2.75) is 38.5 Å². The summed E-state index contributed by atoms with van der Waals surface area (Å²) in [5.74, 6) is 18.3. The molecule has 0 unspecified atom stereocenters. The van der Waals surface area contributed by atoms with Crippen LogP contribution in [0.5, 0.6) is 0 Å². The first kappa shape index (κ1) is 17.6. The van der Waals surface area contributed by atoms with Gasteiger partial charge < -0.3 is 14.2 Å². The zero-order chi connectivity index (χ0) is 14.8. The molecule has 0 fully saturated rings. The van der Waals surface area contributed by atoms with Crippen LogP contribution in [0.1, 0.15) is 38.5 Å². The lowest BCUT2D eigenvalue weighted by atomic mass is 10.3. The van der Waals surface area contributed by atoms with E-state index in [-0.39, 0.29) is 0 Å². The van der Waals surface area contributed by atoms with E-state index in [9.17, 15) is 0 Å². The maximum atomic E-state index is 5.41. The highest BCUT2D eigenvalue weighted by molar-refractivity contribution is 5.01. The molecule has 1 aliphatic rings. The van der Waals surface area contributed by atoms with Gasteiger partial charge in [-0.15, -0.1) is 17.8 Å². The van der Waals surface area contributed by atoms with E-state index in [2.05, 4.69) is 35.5 Å². The predicted molar refractivity (Wildman–Crippen MR) is 83.5 cm³/mol. The van der Waals surface area contributed by atoms with Gasteiger partial charge >= 0.3 is 0 Å². The molecule has 0 atom stereocenters. The molecule has 0 saturated heterocycles. The van der Waals surface area contributed by atoms with Gasteiger partial charge in [0.15, 0.2) is 0 Å². The van der Waals surface area contributed by atoms with Crippen molar-refractivity contribution in [3.8, 4) is 35.5 Å². The number of hydrogen-bond donors (Lipinski definition) is 0. The Kier molecular flexibility index (Phi) is 12.5. The molecule has 3 heteroatoms. The first-order chi connectivity index (χ1) is 10.5. The summed E-state index contributed by atoms with van der Waals surface area (Å²) in [7, 11) is 0. The largest absolute Gasteiger partial charge is 0.369 e. The Balaban J connectivity index is 2.22. The van der Waals surface area contributed by atoms with E-state index in [1.807, 2.05) is 0 Å². The van der Waals surface area contributed by atoms with Gasteiger partial charge in [0.05, 0.1) is 0 Å². The van der Waals surface area contributed by atoms with Gasteiger partial charge in [-0.05, 0) is 19.3 Å². The fourth-order valence-corrected chi connectivity index (χ4v) is 1.58. The van der Waals surface area contributed by atoms with Crippen LogP contribution in [0.3, 0.4) is 0 Å². The van der Waals surface area contributed by atoms with Crippen molar-refractivity contribution >= 4 is 0 Å². The zero-order valence-electron chi connectivity index (χ0n) is 12.7. The summed E-state index contributed by atoms with van der Waals surface area (Å²) in [5.41, 5.74) is 0. The Hall–Kier alpha value is -1.44. The minimum atomic E-state index is 0.503. The summed E-state index contributed by atoms with van der Waals surface area (Å²) in [4.78, 5) is 0. The van der Waals surface area contributed by atoms with E-state index in [0.29, 0.717) is 39.6 Å². The molecule has 1 aliphatic heterocycles. The molecule has 0 saturated carbocycles. The van der Waals surface area contributed by atoms with Gasteiger partial charge in [0, 0.05) is 39.1 Å². The smallest absolute Gasteiger partial charge is 0.107 e. The van der Waals surface area contributed by atoms with Crippen LogP contribution in [-0.2, 0) is 14.2 Å². The molecule has 3 nitrogen and oxygen atoms in total. The maximum absolute atomic E-state index is 5.41. The Morgan fingerprint density at radius 2 is 0.762 bits per heavy atom. The average Bonchev–Trinajstić information content (AvgIpc) is 2.50. The third kappa shape index (κ3) is 13.3. The van der Waals surface area contributed by atoms with Crippen molar-refractivity contribution in [3.05, 3.63) is 0 Å². The van der Waals surface area contributed by atoms with Crippen LogP contribution in [0.4, 0.5) is 0 Å². The third-order valence-electron chi connectivity index (χ3n) is 2.67. The van der Waals surface area contributed by atoms with Gasteiger partial charge in [-0.2, -0.15) is 0 Å². The number of ether oxygens (including phenoxy) is 3. The maximum Gasteiger partial charge on any atom is 0.107 e. The zero-order valence-corrected chi connectivity index (χ0v) is 12.7. The Morgan fingerprint density at radius 1 is 0.429 bits per heavy atom. The fraction of sp³-hybridized carbons (Fsp3) is 0.667. The fourth-order valence-electron chi connectivity index (χ4n) is 1.58. The van der Waals surface area contributed by atoms with Gasteiger partial charge in [-0.25, -0.2) is 0 Å². The van der Waals surface area contributed by atoms with Crippen molar-refractivity contribution < 1.29 is 14.2 Å². The summed E-state index contributed by atoms with van der Waals surface area (Å²) in [5, 5.41) is 0. The molecule has 21 heavy (non-hydrogen) atoms. The molecule has 0 aliphatic carbocycles. The standard InChI is InChI=1S/C18H24O3/c1-2-8-14-20-16-10-5-6-12-18-21-17-11-4-3-9-15-19-13-7-1/h1,4-5,7,10-11,13-18H2. The minimum absolute atomic E-state index is 0.503. The molecule has 0 aromatic heterocycles. The molecular weight excluding hydrogens is 264 g/mol. The first-order valence-electron chi connectivity index (χ1n) is 7.60. The van der Waals surface area contributed by atoms with E-state index >= 15 is 0 Å². The summed E-state index contributed by atoms with van der Waals surface area (Å²) in [6.45, 7) is 3.65. The van der Waals surface area contributed by atoms with Crippen molar-refractivity contribution in [3.63, 3.8) is 0 Å². The van der Waals surface area contributed by atoms with Gasteiger partial charge in [-0.1, -0.05) is 17.8 Å². The minimum Gasteiger partial charge on any atom is -0.369 e. The molecule has 0 N–H and O–H groups in total. The van der Waals surface area contributed by atoms with E-state index < -0.39 is 0 Å². The highest BCUT2D eigenvalue weighted by atomic mass is 16.5. The molecular formula is C18H24O3. The highest BCUT2D eigenvalue weighted by Gasteiger charge is 1.88. The molecule has 1 rings (SSSR count). The molecule has 0 spiro atoms. The molecule has 0 aromatic rings. The van der Waals surface area contributed by atoms with Crippen molar-refractivity contribution in [2.24, 2.45) is 0 Å². The number of rotatable bonds is 0. The van der Waals surface area contributed by atoms with Gasteiger partial charge in [0.25, 0.3) is 0 Å². The Bertz CT molecular complexity index is 326. The van der Waals surface area contributed by atoms with Crippen LogP contribution >= 0.6 is 0 Å². The lowest BCUT2D eigenvalue weighted by Crippen LogP contribution is -1.95. The molecule has 1 heterocycles. The Morgan fingerprint density at radius 3 is 1.10 bits per heavy atom. The molecule has 0 bridgehead atoms. The number of hydrogen-bond acceptors (Lipinski definition) is 3. The van der Waals surface area contributed by atoms with Crippen molar-refractivity contribution in [1.29, 1.82) is 0 Å². The summed E-state index contributed by atoms with van der Waals surface area (Å²) in [6, 6.07) is 0. The topological polar surface area (TPSA) is 27.7 Å². The van der Waals surface area contributed by atoms with Crippen molar-refractivity contribution in [1.82, 2.24) is 0 Å². The normalized spacial score (nSPS) is 19.4. The first-order valence-corrected chi connectivity index (χ1v) is 7.60. The second kappa shape index (κ2) is 15.0. The van der Waals surface area contributed by atoms with Gasteiger partial charge in [-0.3, -0.25) is 0 Å². The van der Waals surface area contributed by atoms with E-state index in [4.69, 9.17) is 14.2 Å². The molecule has 0 radical (unpaired) electrons. The van der Waals surface area contributed by atoms with Crippen LogP contribution in [0.15, 0.2) is 0 Å². The van der Waals surface area contributed by atoms with Crippen LogP contribution < -0.4 is 0 Å². The van der Waals surface area contributed by atoms with Crippen LogP contribution in [0, 0.1) is 35.5 Å². The van der Waals surface area contributed by atoms with Gasteiger partial charge in [0.1, 0.15) is 19.8 Å². The highest BCUT2D eigenvalue weighted by Crippen LogP contribution is 1.91. The van der Waals surface area contributed by atoms with Crippen LogP contribution in [0.2, 0.25) is 0 Å². The van der Waals surface area contributed by atoms with E-state index in [0.717, 1.165) is 38.5 Å². The van der Waals surface area contributed by atoms with Crippen molar-refractivity contribution in [2.75, 3.05) is 39.6 Å². The quantitative estimate of drug-likeness (QED) is 0.641. The summed E-state index contributed by atoms with van der Waals surface area (Å²) >= 11 is 0. The lowest BCUT2D eigenvalue weighted by Gasteiger charge is -1.96. The summed E-state index contributed by atoms with van der Waals surface area (Å²) in [6.07, 6.45) is 5.37. The average molecular weight is 288 g/mol. The SMILES string of the molecule is C1#CCOCCCC#CCOCCCC#CCOCCC1. The second-order valence-corrected chi connectivity index (χ2v) is 4.53. The molecule has 0 aromatic carbocycles. The van der Waals surface area contributed by atoms with Crippen LogP contribution in [0.25, 0.3) is 0 Å².